The molecule has 2 heterocycles. The minimum Gasteiger partial charge on any atom is -0.484 e. The monoisotopic (exact) mass is 432 g/mol. The van der Waals surface area contributed by atoms with E-state index in [0.717, 1.165) is 11.8 Å². The zero-order valence-electron chi connectivity index (χ0n) is 16.2. The van der Waals surface area contributed by atoms with E-state index in [1.54, 1.807) is 4.70 Å². The molecule has 2 aliphatic heterocycles. The molecular weight excluding hydrogens is 413 g/mol. The van der Waals surface area contributed by atoms with E-state index in [2.05, 4.69) is 10.4 Å². The van der Waals surface area contributed by atoms with Gasteiger partial charge in [0.15, 0.2) is 6.61 Å². The van der Waals surface area contributed by atoms with Crippen LogP contribution in [0.2, 0.25) is 5.02 Å². The van der Waals surface area contributed by atoms with E-state index >= 15 is 0 Å². The Morgan fingerprint density at radius 1 is 1.27 bits per heavy atom. The third kappa shape index (κ3) is 4.84. The van der Waals surface area contributed by atoms with Gasteiger partial charge in [0.2, 0.25) is 23.9 Å². The molecular formula is C21H20ClFN3O4+. The lowest BCUT2D eigenvalue weighted by Crippen LogP contribution is -2.49. The maximum absolute atomic E-state index is 13.4. The standard InChI is InChI=1S/C21H19ClFN3O4/c1-13-2-4-15(5-3-13)26-9-19(25-26)21-29-10-14(11-30-21)24-20(27)12-28-16-6-7-17(22)18(23)8-16/h2-9,14,21H,10-12H2,1H3/p+1. The van der Waals surface area contributed by atoms with Gasteiger partial charge < -0.3 is 19.5 Å². The first-order valence-electron chi connectivity index (χ1n) is 9.37. The second kappa shape index (κ2) is 8.91. The summed E-state index contributed by atoms with van der Waals surface area (Å²) in [5, 5.41) is 7.15. The number of benzene rings is 2. The van der Waals surface area contributed by atoms with Gasteiger partial charge in [0.1, 0.15) is 11.6 Å². The zero-order valence-corrected chi connectivity index (χ0v) is 16.9. The molecule has 0 spiro atoms. The fourth-order valence-electron chi connectivity index (χ4n) is 2.93. The molecule has 156 valence electrons. The smallest absolute Gasteiger partial charge is 0.258 e. The van der Waals surface area contributed by atoms with Crippen LogP contribution in [0.3, 0.4) is 0 Å². The molecule has 1 N–H and O–H groups in total. The van der Waals surface area contributed by atoms with Crippen LogP contribution in [0.25, 0.3) is 0 Å². The maximum Gasteiger partial charge on any atom is 0.258 e. The van der Waals surface area contributed by atoms with Crippen LogP contribution in [0.5, 0.6) is 5.75 Å². The second-order valence-corrected chi connectivity index (χ2v) is 7.37. The third-order valence-electron chi connectivity index (χ3n) is 4.54. The van der Waals surface area contributed by atoms with Crippen LogP contribution < -0.4 is 10.1 Å². The van der Waals surface area contributed by atoms with Crippen molar-refractivity contribution in [2.75, 3.05) is 19.8 Å². The van der Waals surface area contributed by atoms with Crippen molar-refractivity contribution in [1.29, 1.82) is 0 Å². The lowest BCUT2D eigenvalue weighted by Gasteiger charge is -2.29. The van der Waals surface area contributed by atoms with Gasteiger partial charge in [0.05, 0.1) is 24.3 Å². The van der Waals surface area contributed by atoms with Crippen molar-refractivity contribution in [2.24, 2.45) is 5.11 Å². The highest BCUT2D eigenvalue weighted by atomic mass is 35.5. The zero-order chi connectivity index (χ0) is 21.1. The Morgan fingerprint density at radius 2 is 1.97 bits per heavy atom. The summed E-state index contributed by atoms with van der Waals surface area (Å²) in [5.74, 6) is -0.745. The van der Waals surface area contributed by atoms with Gasteiger partial charge in [-0.3, -0.25) is 4.79 Å². The van der Waals surface area contributed by atoms with Gasteiger partial charge >= 0.3 is 0 Å². The van der Waals surface area contributed by atoms with Crippen molar-refractivity contribution >= 4 is 23.2 Å². The summed E-state index contributed by atoms with van der Waals surface area (Å²) in [4.78, 5) is 12.0. The number of amides is 1. The highest BCUT2D eigenvalue weighted by molar-refractivity contribution is 6.30. The van der Waals surface area contributed by atoms with Crippen LogP contribution in [-0.4, -0.2) is 42.8 Å². The maximum atomic E-state index is 13.4. The molecule has 30 heavy (non-hydrogen) atoms. The number of ether oxygens (including phenoxy) is 3. The van der Waals surface area contributed by atoms with Crippen LogP contribution in [0, 0.1) is 12.7 Å². The van der Waals surface area contributed by atoms with E-state index in [1.807, 2.05) is 37.4 Å². The van der Waals surface area contributed by atoms with Gasteiger partial charge in [-0.2, -0.15) is 0 Å². The Morgan fingerprint density at radius 3 is 2.63 bits per heavy atom. The van der Waals surface area contributed by atoms with Gasteiger partial charge in [-0.15, -0.1) is 0 Å². The lowest BCUT2D eigenvalue weighted by atomic mass is 10.2. The van der Waals surface area contributed by atoms with Crippen molar-refractivity contribution < 1.29 is 28.1 Å². The van der Waals surface area contributed by atoms with Gasteiger partial charge in [-0.25, -0.2) is 4.39 Å². The lowest BCUT2D eigenvalue weighted by molar-refractivity contribution is -0.466. The fraction of sp³-hybridized carbons (Fsp3) is 0.286. The Balaban J connectivity index is 1.19. The number of aryl methyl sites for hydroxylation is 1. The summed E-state index contributed by atoms with van der Waals surface area (Å²) < 4.78 is 31.7. The van der Waals surface area contributed by atoms with Crippen LogP contribution >= 0.6 is 11.6 Å². The van der Waals surface area contributed by atoms with E-state index in [9.17, 15) is 9.18 Å². The normalized spacial score (nSPS) is 20.6. The first-order chi connectivity index (χ1) is 14.5. The molecule has 2 aliphatic rings. The molecule has 1 fully saturated rings. The Labute approximate surface area is 177 Å². The van der Waals surface area contributed by atoms with Crippen LogP contribution in [0.4, 0.5) is 10.1 Å². The predicted octanol–water partition coefficient (Wildman–Crippen LogP) is 3.68. The Hall–Kier alpha value is -2.81. The second-order valence-electron chi connectivity index (χ2n) is 6.96. The van der Waals surface area contributed by atoms with Gasteiger partial charge in [0.25, 0.3) is 5.91 Å². The topological polar surface area (TPSA) is 72.2 Å². The van der Waals surface area contributed by atoms with Crippen LogP contribution in [0.15, 0.2) is 59.5 Å². The molecule has 0 bridgehead atoms. The number of carbonyl (C=O) groups excluding carboxylic acids is 1. The molecule has 1 amide bonds. The number of nitrogens with zero attached hydrogens (tertiary/aromatic N) is 2. The highest BCUT2D eigenvalue weighted by Gasteiger charge is 2.34. The van der Waals surface area contributed by atoms with Gasteiger partial charge in [0, 0.05) is 23.3 Å². The number of halogens is 2. The molecule has 0 unspecified atom stereocenters. The SMILES string of the molecule is Cc1ccc([N+]2=NC(C3OCC(NC(=O)COc4ccc(Cl)c(F)c4)CO3)=C2)cc1. The third-order valence-corrected chi connectivity index (χ3v) is 4.85. The van der Waals surface area contributed by atoms with Gasteiger partial charge in [-0.1, -0.05) is 29.3 Å². The first kappa shape index (κ1) is 20.5. The molecule has 1 saturated heterocycles. The fourth-order valence-corrected chi connectivity index (χ4v) is 3.05. The molecule has 2 aromatic carbocycles. The molecule has 0 radical (unpaired) electrons. The number of hydrogen-bond donors (Lipinski definition) is 1. The van der Waals surface area contributed by atoms with E-state index in [4.69, 9.17) is 25.8 Å². The summed E-state index contributed by atoms with van der Waals surface area (Å²) in [5.41, 5.74) is 2.83. The summed E-state index contributed by atoms with van der Waals surface area (Å²) in [7, 11) is 0. The number of rotatable bonds is 6. The summed E-state index contributed by atoms with van der Waals surface area (Å²) >= 11 is 5.61. The molecule has 0 atom stereocenters. The van der Waals surface area contributed by atoms with Crippen molar-refractivity contribution in [2.45, 2.75) is 19.3 Å². The van der Waals surface area contributed by atoms with Crippen molar-refractivity contribution in [3.05, 3.63) is 70.8 Å². The summed E-state index contributed by atoms with van der Waals surface area (Å²) in [6, 6.07) is 11.7. The van der Waals surface area contributed by atoms with Crippen LogP contribution in [0.1, 0.15) is 5.56 Å². The Kier molecular flexibility index (Phi) is 6.08. The van der Waals surface area contributed by atoms with Crippen molar-refractivity contribution in [1.82, 2.24) is 5.32 Å². The molecule has 0 saturated carbocycles. The average molecular weight is 433 g/mol. The minimum atomic E-state index is -0.605. The Bertz CT molecular complexity index is 1000. The molecule has 9 heteroatoms. The van der Waals surface area contributed by atoms with E-state index < -0.39 is 12.1 Å². The van der Waals surface area contributed by atoms with Crippen LogP contribution in [-0.2, 0) is 14.3 Å². The number of nitrogens with one attached hydrogen (secondary N) is 1. The van der Waals surface area contributed by atoms with Crippen molar-refractivity contribution in [3.63, 3.8) is 0 Å². The largest absolute Gasteiger partial charge is 0.484 e. The summed E-state index contributed by atoms with van der Waals surface area (Å²) in [6.45, 7) is 2.33. The number of hydrogen-bond acceptors (Lipinski definition) is 5. The molecule has 4 rings (SSSR count). The molecule has 0 aliphatic carbocycles. The molecule has 7 nitrogen and oxygen atoms in total. The number of carbonyl (C=O) groups is 1. The summed E-state index contributed by atoms with van der Waals surface area (Å²) in [6.07, 6.45) is 1.29. The van der Waals surface area contributed by atoms with E-state index in [0.29, 0.717) is 5.70 Å². The molecule has 2 aromatic rings. The minimum absolute atomic E-state index is 0.00634. The molecule has 0 aromatic heterocycles. The first-order valence-corrected chi connectivity index (χ1v) is 9.75. The average Bonchev–Trinajstić information content (AvgIpc) is 2.70. The van der Waals surface area contributed by atoms with Gasteiger partial charge in [-0.05, 0) is 23.8 Å². The van der Waals surface area contributed by atoms with E-state index in [-0.39, 0.29) is 42.5 Å². The van der Waals surface area contributed by atoms with Crippen molar-refractivity contribution in [3.8, 4) is 5.75 Å². The number of azo groups is 2. The predicted molar refractivity (Wildman–Crippen MR) is 106 cm³/mol. The van der Waals surface area contributed by atoms with E-state index in [1.165, 1.54) is 17.7 Å². The highest BCUT2D eigenvalue weighted by Crippen LogP contribution is 2.27. The quantitative estimate of drug-likeness (QED) is 0.707.